The lowest BCUT2D eigenvalue weighted by molar-refractivity contribution is -0.144. The summed E-state index contributed by atoms with van der Waals surface area (Å²) in [6.45, 7) is 1.06. The van der Waals surface area contributed by atoms with Gasteiger partial charge in [0.2, 0.25) is 65.0 Å². The van der Waals surface area contributed by atoms with Crippen LogP contribution in [0.3, 0.4) is 0 Å². The van der Waals surface area contributed by atoms with Crippen LogP contribution in [0.1, 0.15) is 90.9 Å². The molecule has 0 aromatic rings. The number of guanidine groups is 1. The molecule has 37 heteroatoms. The zero-order valence-electron chi connectivity index (χ0n) is 43.9. The van der Waals surface area contributed by atoms with Crippen molar-refractivity contribution in [2.45, 2.75) is 145 Å². The summed E-state index contributed by atoms with van der Waals surface area (Å²) in [5, 5.41) is 76.2. The molecule has 0 bridgehead atoms. The van der Waals surface area contributed by atoms with E-state index in [9.17, 15) is 102 Å². The van der Waals surface area contributed by atoms with Crippen LogP contribution in [0.2, 0.25) is 0 Å². The lowest BCUT2D eigenvalue weighted by Crippen LogP contribution is -2.61. The Morgan fingerprint density at radius 1 is 0.407 bits per heavy atom. The lowest BCUT2D eigenvalue weighted by atomic mass is 10.0. The number of hydrogen-bond acceptors (Lipinski definition) is 19. The van der Waals surface area contributed by atoms with Gasteiger partial charge in [0.1, 0.15) is 54.4 Å². The number of nitrogens with two attached hydrogens (primary N) is 5. The molecule has 25 N–H and O–H groups in total. The van der Waals surface area contributed by atoms with Crippen LogP contribution in [0, 0.1) is 5.92 Å². The molecule has 0 saturated heterocycles. The zero-order valence-corrected chi connectivity index (χ0v) is 43.9. The van der Waals surface area contributed by atoms with E-state index in [4.69, 9.17) is 33.8 Å². The third kappa shape index (κ3) is 29.9. The number of nitrogens with one attached hydrogen (secondary N) is 9. The third-order valence-corrected chi connectivity index (χ3v) is 11.0. The van der Waals surface area contributed by atoms with Crippen molar-refractivity contribution < 1.29 is 107 Å². The fourth-order valence-corrected chi connectivity index (χ4v) is 6.84. The monoisotopic (exact) mass is 1160 g/mol. The first-order valence-electron chi connectivity index (χ1n) is 24.5. The molecule has 0 aliphatic rings. The van der Waals surface area contributed by atoms with E-state index in [1.54, 1.807) is 0 Å². The average molecular weight is 1160 g/mol. The maximum Gasteiger partial charge on any atom is 0.326 e. The largest absolute Gasteiger partial charge is 0.481 e. The van der Waals surface area contributed by atoms with Crippen molar-refractivity contribution in [3.05, 3.63) is 0 Å². The summed E-state index contributed by atoms with van der Waals surface area (Å²) in [5.41, 5.74) is 26.5. The van der Waals surface area contributed by atoms with E-state index < -0.39 is 245 Å². The molecule has 0 fully saturated rings. The number of aliphatic carboxylic acids is 5. The van der Waals surface area contributed by atoms with Crippen molar-refractivity contribution in [1.29, 1.82) is 0 Å². The SMILES string of the molecule is CC(C)[C@H](NC(=O)[C@H](CO)NC(=O)CN)C(=O)N[C@@H](CCC(=O)O)C(=O)N[C@@H](CC(=O)O)C(=O)N[C@@H](CC(=O)O)C(=O)N[C@@H](CCCN=C(N)N)C(=O)N[C@@H](CCC(N)=O)C(=O)N[C@@H](CCC(N)=O)C(=O)N[C@@H](CCC(=O)O)C(=O)O. The molecule has 454 valence electrons. The molecule has 0 spiro atoms. The minimum atomic E-state index is -2.25. The second kappa shape index (κ2) is 36.7. The summed E-state index contributed by atoms with van der Waals surface area (Å²) >= 11 is 0. The van der Waals surface area contributed by atoms with E-state index in [1.807, 2.05) is 16.0 Å². The first-order valence-corrected chi connectivity index (χ1v) is 24.5. The Balaban J connectivity index is 7.06. The Labute approximate surface area is 459 Å². The number of carbonyl (C=O) groups is 16. The second-order valence-electron chi connectivity index (χ2n) is 18.0. The molecule has 0 aromatic heterocycles. The highest BCUT2D eigenvalue weighted by Gasteiger charge is 2.37. The van der Waals surface area contributed by atoms with Gasteiger partial charge in [-0.25, -0.2) is 4.79 Å². The summed E-state index contributed by atoms with van der Waals surface area (Å²) < 4.78 is 0. The van der Waals surface area contributed by atoms with Gasteiger partial charge in [-0.15, -0.1) is 0 Å². The fourth-order valence-electron chi connectivity index (χ4n) is 6.84. The van der Waals surface area contributed by atoms with Gasteiger partial charge in [-0.3, -0.25) is 76.9 Å². The van der Waals surface area contributed by atoms with Crippen molar-refractivity contribution in [1.82, 2.24) is 47.9 Å². The van der Waals surface area contributed by atoms with Gasteiger partial charge in [-0.1, -0.05) is 13.8 Å². The molecule has 0 saturated carbocycles. The molecule has 0 radical (unpaired) electrons. The quantitative estimate of drug-likeness (QED) is 0.0154. The highest BCUT2D eigenvalue weighted by molar-refractivity contribution is 6.00. The second-order valence-corrected chi connectivity index (χ2v) is 18.0. The van der Waals surface area contributed by atoms with Crippen molar-refractivity contribution in [3.8, 4) is 0 Å². The molecule has 0 aliphatic heterocycles. The third-order valence-electron chi connectivity index (χ3n) is 11.0. The number of aliphatic hydroxyl groups is 1. The Morgan fingerprint density at radius 2 is 0.741 bits per heavy atom. The van der Waals surface area contributed by atoms with Gasteiger partial charge in [0, 0.05) is 32.2 Å². The molecular formula is C44H71N15O22. The summed E-state index contributed by atoms with van der Waals surface area (Å²) in [7, 11) is 0. The Hall–Kier alpha value is -9.29. The predicted molar refractivity (Wildman–Crippen MR) is 271 cm³/mol. The van der Waals surface area contributed by atoms with Gasteiger partial charge in [0.05, 0.1) is 26.0 Å². The maximum atomic E-state index is 14.0. The molecule has 0 aliphatic carbocycles. The van der Waals surface area contributed by atoms with Crippen LogP contribution in [0.25, 0.3) is 0 Å². The van der Waals surface area contributed by atoms with Crippen LogP contribution >= 0.6 is 0 Å². The lowest BCUT2D eigenvalue weighted by Gasteiger charge is -2.28. The van der Waals surface area contributed by atoms with E-state index in [-0.39, 0.29) is 13.0 Å². The summed E-state index contributed by atoms with van der Waals surface area (Å²) in [4.78, 5) is 207. The minimum absolute atomic E-state index is 0.181. The number of carbonyl (C=O) groups excluding carboxylic acids is 11. The molecule has 0 heterocycles. The number of aliphatic imine (C=N–C) groups is 1. The van der Waals surface area contributed by atoms with Crippen LogP contribution in [0.15, 0.2) is 4.99 Å². The van der Waals surface area contributed by atoms with Crippen LogP contribution in [-0.4, -0.2) is 205 Å². The number of carboxylic acids is 5. The van der Waals surface area contributed by atoms with Crippen molar-refractivity contribution in [3.63, 3.8) is 0 Å². The maximum absolute atomic E-state index is 14.0. The van der Waals surface area contributed by atoms with Crippen LogP contribution in [-0.2, 0) is 76.7 Å². The highest BCUT2D eigenvalue weighted by Crippen LogP contribution is 2.11. The van der Waals surface area contributed by atoms with Crippen LogP contribution in [0.5, 0.6) is 0 Å². The number of hydrogen-bond donors (Lipinski definition) is 20. The Kier molecular flexibility index (Phi) is 32.5. The highest BCUT2D eigenvalue weighted by atomic mass is 16.4. The number of amides is 11. The molecule has 9 atom stereocenters. The van der Waals surface area contributed by atoms with E-state index in [2.05, 4.69) is 36.9 Å². The minimum Gasteiger partial charge on any atom is -0.481 e. The Bertz CT molecular complexity index is 2350. The van der Waals surface area contributed by atoms with Gasteiger partial charge >= 0.3 is 29.8 Å². The van der Waals surface area contributed by atoms with Gasteiger partial charge in [-0.05, 0) is 44.4 Å². The average Bonchev–Trinajstić information content (AvgIpc) is 3.36. The van der Waals surface area contributed by atoms with E-state index in [1.165, 1.54) is 13.8 Å². The number of rotatable bonds is 41. The van der Waals surface area contributed by atoms with E-state index in [0.717, 1.165) is 0 Å². The van der Waals surface area contributed by atoms with Gasteiger partial charge in [0.25, 0.3) is 0 Å². The van der Waals surface area contributed by atoms with Crippen LogP contribution in [0.4, 0.5) is 0 Å². The normalized spacial score (nSPS) is 14.1. The zero-order chi connectivity index (χ0) is 62.3. The standard InChI is InChI=1S/C44H71N15O22/c1-18(2)34(59-41(78)26(17-60)51-29(63)16-45)42(79)55-22(7-11-30(64)65)38(75)57-25(15-33(70)71)40(77)58-24(14-32(68)69)39(76)52-19(4-3-13-50-44(48)49)35(72)53-20(5-9-27(46)61)36(73)54-21(6-10-28(47)62)37(74)56-23(43(80)81)8-12-31(66)67/h18-26,34,60H,3-17,45H2,1-2H3,(H2,46,61)(H2,47,62)(H,51,63)(H,52,76)(H,53,72)(H,54,73)(H,55,79)(H,56,74)(H,57,75)(H,58,77)(H,59,78)(H,64,65)(H,66,67)(H,68,69)(H,70,71)(H,80,81)(H4,48,49,50)/t19-,20-,21-,22-,23-,24-,25-,26-,34-/m0/s1. The molecule has 0 unspecified atom stereocenters. The molecule has 0 rings (SSSR count). The number of nitrogens with zero attached hydrogens (tertiary/aromatic N) is 1. The smallest absolute Gasteiger partial charge is 0.326 e. The first kappa shape index (κ1) is 71.7. The molecule has 37 nitrogen and oxygen atoms in total. The Morgan fingerprint density at radius 3 is 1.07 bits per heavy atom. The van der Waals surface area contributed by atoms with Crippen molar-refractivity contribution >= 4 is 101 Å². The molecule has 81 heavy (non-hydrogen) atoms. The summed E-state index contributed by atoms with van der Waals surface area (Å²) in [6, 6.07) is -17.0. The molecule has 11 amide bonds. The topological polar surface area (TPSA) is 645 Å². The van der Waals surface area contributed by atoms with E-state index >= 15 is 0 Å². The van der Waals surface area contributed by atoms with Gasteiger partial charge in [0.15, 0.2) is 5.96 Å². The number of aliphatic hydroxyl groups excluding tert-OH is 1. The molecule has 0 aromatic carbocycles. The van der Waals surface area contributed by atoms with Gasteiger partial charge in [-0.2, -0.15) is 0 Å². The number of carboxylic acid groups (broad SMARTS) is 5. The number of primary amides is 2. The predicted octanol–water partition coefficient (Wildman–Crippen LogP) is -9.70. The van der Waals surface area contributed by atoms with Crippen molar-refractivity contribution in [2.24, 2.45) is 39.6 Å². The summed E-state index contributed by atoms with van der Waals surface area (Å²) in [5.74, 6) is -23.0. The van der Waals surface area contributed by atoms with Crippen molar-refractivity contribution in [2.75, 3.05) is 19.7 Å². The molecular weight excluding hydrogens is 1090 g/mol. The first-order chi connectivity index (χ1) is 37.7. The van der Waals surface area contributed by atoms with Gasteiger partial charge < -0.3 is 107 Å². The van der Waals surface area contributed by atoms with Crippen LogP contribution < -0.4 is 76.5 Å². The van der Waals surface area contributed by atoms with E-state index in [0.29, 0.717) is 0 Å². The summed E-state index contributed by atoms with van der Waals surface area (Å²) in [6.07, 6.45) is -8.73. The fraction of sp³-hybridized carbons (Fsp3) is 0.614.